The fourth-order valence-electron chi connectivity index (χ4n) is 3.35. The number of unbranched alkanes of at least 4 members (excludes halogenated alkanes) is 1. The standard InChI is InChI=1S/C23H25N3O6/c1-31-16-8-6-15(7-9-16)24-23(29)19-14-26(12-4-3-5-21(27)25-30)20-11-10-17(32-2)13-18(20)22(19)28/h6-11,13-14,30H,3-5,12H2,1-2H3,(H,24,29)(H,25,27). The molecule has 168 valence electrons. The highest BCUT2D eigenvalue weighted by atomic mass is 16.5. The van der Waals surface area contributed by atoms with Gasteiger partial charge in [0.15, 0.2) is 0 Å². The summed E-state index contributed by atoms with van der Waals surface area (Å²) in [5, 5.41) is 11.7. The Kier molecular flexibility index (Phi) is 7.45. The normalized spacial score (nSPS) is 10.6. The van der Waals surface area contributed by atoms with E-state index in [1.165, 1.54) is 13.3 Å². The smallest absolute Gasteiger partial charge is 0.261 e. The van der Waals surface area contributed by atoms with Crippen LogP contribution in [0.4, 0.5) is 5.69 Å². The maximum atomic E-state index is 13.1. The first kappa shape index (κ1) is 22.8. The van der Waals surface area contributed by atoms with Crippen LogP contribution in [0, 0.1) is 0 Å². The predicted molar refractivity (Wildman–Crippen MR) is 119 cm³/mol. The second-order valence-electron chi connectivity index (χ2n) is 7.12. The topological polar surface area (TPSA) is 119 Å². The Morgan fingerprint density at radius 2 is 1.69 bits per heavy atom. The number of methoxy groups -OCH3 is 2. The molecule has 3 aromatic rings. The SMILES string of the molecule is COc1ccc(NC(=O)c2cn(CCCCC(=O)NO)c3ccc(OC)cc3c2=O)cc1. The molecule has 3 N–H and O–H groups in total. The summed E-state index contributed by atoms with van der Waals surface area (Å²) in [6.45, 7) is 0.477. The third-order valence-corrected chi connectivity index (χ3v) is 5.06. The van der Waals surface area contributed by atoms with Crippen LogP contribution < -0.4 is 25.7 Å². The zero-order valence-electron chi connectivity index (χ0n) is 17.9. The van der Waals surface area contributed by atoms with E-state index in [4.69, 9.17) is 14.7 Å². The lowest BCUT2D eigenvalue weighted by atomic mass is 10.1. The number of fused-ring (bicyclic) bond motifs is 1. The zero-order chi connectivity index (χ0) is 23.1. The van der Waals surface area contributed by atoms with Gasteiger partial charge in [-0.2, -0.15) is 0 Å². The molecule has 0 aliphatic heterocycles. The van der Waals surface area contributed by atoms with Crippen LogP contribution in [0.1, 0.15) is 29.6 Å². The van der Waals surface area contributed by atoms with E-state index < -0.39 is 17.2 Å². The van der Waals surface area contributed by atoms with Crippen LogP contribution in [-0.2, 0) is 11.3 Å². The summed E-state index contributed by atoms with van der Waals surface area (Å²) >= 11 is 0. The average Bonchev–Trinajstić information content (AvgIpc) is 2.82. The number of amides is 2. The average molecular weight is 439 g/mol. The number of anilines is 1. The van der Waals surface area contributed by atoms with Gasteiger partial charge in [-0.15, -0.1) is 0 Å². The third-order valence-electron chi connectivity index (χ3n) is 5.06. The minimum Gasteiger partial charge on any atom is -0.497 e. The second-order valence-corrected chi connectivity index (χ2v) is 7.12. The van der Waals surface area contributed by atoms with E-state index in [9.17, 15) is 14.4 Å². The zero-order valence-corrected chi connectivity index (χ0v) is 17.9. The van der Waals surface area contributed by atoms with Crippen LogP contribution in [0.3, 0.4) is 0 Å². The van der Waals surface area contributed by atoms with E-state index in [0.717, 1.165) is 0 Å². The van der Waals surface area contributed by atoms with Gasteiger partial charge in [-0.05, 0) is 55.3 Å². The summed E-state index contributed by atoms with van der Waals surface area (Å²) in [5.74, 6) is 0.170. The van der Waals surface area contributed by atoms with Gasteiger partial charge >= 0.3 is 0 Å². The van der Waals surface area contributed by atoms with E-state index in [2.05, 4.69) is 5.32 Å². The number of hydrogen-bond donors (Lipinski definition) is 3. The van der Waals surface area contributed by atoms with Crippen molar-refractivity contribution in [1.82, 2.24) is 10.0 Å². The van der Waals surface area contributed by atoms with Crippen molar-refractivity contribution in [3.05, 3.63) is 64.4 Å². The first-order chi connectivity index (χ1) is 15.5. The fourth-order valence-corrected chi connectivity index (χ4v) is 3.35. The first-order valence-corrected chi connectivity index (χ1v) is 10.1. The maximum Gasteiger partial charge on any atom is 0.261 e. The molecular formula is C23H25N3O6. The van der Waals surface area contributed by atoms with Crippen molar-refractivity contribution in [2.24, 2.45) is 0 Å². The van der Waals surface area contributed by atoms with Crippen LogP contribution in [0.5, 0.6) is 11.5 Å². The first-order valence-electron chi connectivity index (χ1n) is 10.1. The molecule has 3 rings (SSSR count). The quantitative estimate of drug-likeness (QED) is 0.268. The van der Waals surface area contributed by atoms with Crippen molar-refractivity contribution in [3.8, 4) is 11.5 Å². The Morgan fingerprint density at radius 3 is 2.34 bits per heavy atom. The third kappa shape index (κ3) is 5.25. The molecule has 2 amide bonds. The van der Waals surface area contributed by atoms with Gasteiger partial charge in [0, 0.05) is 24.8 Å². The summed E-state index contributed by atoms with van der Waals surface area (Å²) in [6.07, 6.45) is 2.84. The Labute approximate surface area is 184 Å². The molecule has 0 aliphatic rings. The monoisotopic (exact) mass is 439 g/mol. The number of rotatable bonds is 9. The number of aromatic nitrogens is 1. The lowest BCUT2D eigenvalue weighted by molar-refractivity contribution is -0.129. The molecule has 0 saturated heterocycles. The highest BCUT2D eigenvalue weighted by Crippen LogP contribution is 2.21. The minimum absolute atomic E-state index is 0.00493. The fraction of sp³-hybridized carbons (Fsp3) is 0.261. The number of pyridine rings is 1. The van der Waals surface area contributed by atoms with Crippen molar-refractivity contribution in [3.63, 3.8) is 0 Å². The number of carbonyl (C=O) groups is 2. The molecule has 0 spiro atoms. The van der Waals surface area contributed by atoms with E-state index in [-0.39, 0.29) is 12.0 Å². The molecule has 2 aromatic carbocycles. The molecule has 0 unspecified atom stereocenters. The van der Waals surface area contributed by atoms with Gasteiger partial charge < -0.3 is 19.4 Å². The molecule has 32 heavy (non-hydrogen) atoms. The maximum absolute atomic E-state index is 13.1. The van der Waals surface area contributed by atoms with Crippen molar-refractivity contribution in [2.75, 3.05) is 19.5 Å². The van der Waals surface area contributed by atoms with Gasteiger partial charge in [0.1, 0.15) is 17.1 Å². The number of nitrogens with one attached hydrogen (secondary N) is 2. The van der Waals surface area contributed by atoms with Crippen LogP contribution in [0.15, 0.2) is 53.5 Å². The number of nitrogens with zero attached hydrogens (tertiary/aromatic N) is 1. The number of ether oxygens (including phenoxy) is 2. The van der Waals surface area contributed by atoms with Gasteiger partial charge in [-0.3, -0.25) is 19.6 Å². The number of carbonyl (C=O) groups excluding carboxylic acids is 2. The Balaban J connectivity index is 1.93. The summed E-state index contributed by atoms with van der Waals surface area (Å²) in [7, 11) is 3.06. The van der Waals surface area contributed by atoms with Gasteiger partial charge in [-0.1, -0.05) is 0 Å². The predicted octanol–water partition coefficient (Wildman–Crippen LogP) is 2.95. The Hall–Kier alpha value is -3.85. The molecule has 0 aliphatic carbocycles. The molecule has 9 heteroatoms. The molecule has 9 nitrogen and oxygen atoms in total. The molecule has 0 saturated carbocycles. The lowest BCUT2D eigenvalue weighted by Crippen LogP contribution is -2.24. The summed E-state index contributed by atoms with van der Waals surface area (Å²) in [5.41, 5.74) is 2.39. The van der Waals surface area contributed by atoms with Crippen molar-refractivity contribution in [1.29, 1.82) is 0 Å². The lowest BCUT2D eigenvalue weighted by Gasteiger charge is -2.14. The summed E-state index contributed by atoms with van der Waals surface area (Å²) < 4.78 is 12.2. The Bertz CT molecular complexity index is 1170. The van der Waals surface area contributed by atoms with E-state index >= 15 is 0 Å². The number of benzene rings is 2. The van der Waals surface area contributed by atoms with Crippen molar-refractivity contribution in [2.45, 2.75) is 25.8 Å². The molecule has 0 fully saturated rings. The molecular weight excluding hydrogens is 414 g/mol. The molecule has 0 atom stereocenters. The van der Waals surface area contributed by atoms with Gasteiger partial charge in [0.25, 0.3) is 5.91 Å². The summed E-state index contributed by atoms with van der Waals surface area (Å²) in [4.78, 5) is 37.3. The Morgan fingerprint density at radius 1 is 1.00 bits per heavy atom. The number of hydrogen-bond acceptors (Lipinski definition) is 6. The van der Waals surface area contributed by atoms with Gasteiger partial charge in [0.2, 0.25) is 11.3 Å². The van der Waals surface area contributed by atoms with E-state index in [0.29, 0.717) is 47.5 Å². The van der Waals surface area contributed by atoms with Crippen LogP contribution in [-0.4, -0.2) is 35.8 Å². The largest absolute Gasteiger partial charge is 0.497 e. The molecule has 0 radical (unpaired) electrons. The minimum atomic E-state index is -0.529. The van der Waals surface area contributed by atoms with Gasteiger partial charge in [-0.25, -0.2) is 5.48 Å². The van der Waals surface area contributed by atoms with Crippen LogP contribution >= 0.6 is 0 Å². The van der Waals surface area contributed by atoms with Crippen molar-refractivity contribution < 1.29 is 24.3 Å². The highest BCUT2D eigenvalue weighted by molar-refractivity contribution is 6.05. The molecule has 1 heterocycles. The second kappa shape index (κ2) is 10.5. The van der Waals surface area contributed by atoms with Crippen LogP contribution in [0.25, 0.3) is 10.9 Å². The molecule has 0 bridgehead atoms. The molecule has 1 aromatic heterocycles. The summed E-state index contributed by atoms with van der Waals surface area (Å²) in [6, 6.07) is 11.9. The number of hydroxylamine groups is 1. The highest BCUT2D eigenvalue weighted by Gasteiger charge is 2.17. The van der Waals surface area contributed by atoms with E-state index in [1.807, 2.05) is 4.57 Å². The van der Waals surface area contributed by atoms with Gasteiger partial charge in [0.05, 0.1) is 25.1 Å². The van der Waals surface area contributed by atoms with E-state index in [1.54, 1.807) is 55.1 Å². The van der Waals surface area contributed by atoms with Crippen molar-refractivity contribution >= 4 is 28.4 Å². The number of aryl methyl sites for hydroxylation is 1. The van der Waals surface area contributed by atoms with Crippen LogP contribution in [0.2, 0.25) is 0 Å².